The first-order valence-electron chi connectivity index (χ1n) is 10.2. The van der Waals surface area contributed by atoms with Crippen molar-refractivity contribution in [3.63, 3.8) is 0 Å². The van der Waals surface area contributed by atoms with Gasteiger partial charge in [0.25, 0.3) is 17.1 Å². The van der Waals surface area contributed by atoms with Crippen LogP contribution >= 0.6 is 0 Å². The van der Waals surface area contributed by atoms with E-state index in [0.29, 0.717) is 0 Å². The minimum absolute atomic E-state index is 0.0170. The fourth-order valence-corrected chi connectivity index (χ4v) is 3.25. The van der Waals surface area contributed by atoms with Gasteiger partial charge < -0.3 is 14.9 Å². The van der Waals surface area contributed by atoms with E-state index in [2.05, 4.69) is 15.2 Å². The summed E-state index contributed by atoms with van der Waals surface area (Å²) in [6.07, 6.45) is -1.22. The fraction of sp³-hybridized carbons (Fsp3) is 0.526. The Hall–Kier alpha value is -3.85. The zero-order chi connectivity index (χ0) is 25.5. The van der Waals surface area contributed by atoms with Gasteiger partial charge in [0.15, 0.2) is 11.2 Å². The normalized spacial score (nSPS) is 12.9. The smallest absolute Gasteiger partial charge is 0.333 e. The molecular formula is C19H26N8O7. The number of aromatic hydroxyl groups is 1. The molecule has 0 radical (unpaired) electrons. The Balaban J connectivity index is 2.24. The van der Waals surface area contributed by atoms with Crippen LogP contribution in [0.5, 0.6) is 5.88 Å². The van der Waals surface area contributed by atoms with Crippen molar-refractivity contribution >= 4 is 22.8 Å². The van der Waals surface area contributed by atoms with E-state index < -0.39 is 40.2 Å². The number of nitrogens with zero attached hydrogens (tertiary/aromatic N) is 8. The van der Waals surface area contributed by atoms with Gasteiger partial charge >= 0.3 is 11.4 Å². The highest BCUT2D eigenvalue weighted by atomic mass is 16.5. The first-order valence-corrected chi connectivity index (χ1v) is 10.2. The average Bonchev–Trinajstić information content (AvgIpc) is 3.15. The number of aliphatic hydroxyl groups is 1. The van der Waals surface area contributed by atoms with E-state index in [-0.39, 0.29) is 36.4 Å². The number of rotatable bonds is 7. The molecule has 3 heterocycles. The van der Waals surface area contributed by atoms with Crippen LogP contribution in [0.3, 0.4) is 0 Å². The minimum atomic E-state index is -1.07. The van der Waals surface area contributed by atoms with Crippen LogP contribution in [0.15, 0.2) is 29.4 Å². The van der Waals surface area contributed by atoms with Gasteiger partial charge in [0, 0.05) is 28.2 Å². The molecule has 184 valence electrons. The van der Waals surface area contributed by atoms with Crippen LogP contribution in [0.4, 0.5) is 11.6 Å². The summed E-state index contributed by atoms with van der Waals surface area (Å²) in [5.74, 6) is -0.930. The molecule has 0 aliphatic rings. The lowest BCUT2D eigenvalue weighted by Gasteiger charge is -2.15. The molecule has 0 saturated heterocycles. The van der Waals surface area contributed by atoms with Crippen molar-refractivity contribution in [1.29, 1.82) is 0 Å². The summed E-state index contributed by atoms with van der Waals surface area (Å²) in [6.45, 7) is 3.35. The van der Waals surface area contributed by atoms with Crippen LogP contribution in [-0.4, -0.2) is 56.8 Å². The van der Waals surface area contributed by atoms with Gasteiger partial charge in [0.1, 0.15) is 0 Å². The summed E-state index contributed by atoms with van der Waals surface area (Å²) in [5, 5.41) is 28.4. The lowest BCUT2D eigenvalue weighted by atomic mass is 10.3. The molecule has 3 rings (SSSR count). The number of aromatic nitrogens is 6. The molecule has 1 atom stereocenters. The van der Waals surface area contributed by atoms with E-state index in [9.17, 15) is 29.4 Å². The zero-order valence-corrected chi connectivity index (χ0v) is 19.6. The van der Waals surface area contributed by atoms with Gasteiger partial charge in [0.05, 0.1) is 25.4 Å². The van der Waals surface area contributed by atoms with Gasteiger partial charge in [-0.15, -0.1) is 10.2 Å². The number of ether oxygens (including phenoxy) is 1. The number of azo groups is 1. The average molecular weight is 478 g/mol. The van der Waals surface area contributed by atoms with E-state index in [1.807, 2.05) is 0 Å². The molecule has 15 nitrogen and oxygen atoms in total. The zero-order valence-electron chi connectivity index (χ0n) is 19.6. The van der Waals surface area contributed by atoms with Crippen molar-refractivity contribution in [3.05, 3.63) is 41.7 Å². The van der Waals surface area contributed by atoms with E-state index >= 15 is 0 Å². The van der Waals surface area contributed by atoms with Gasteiger partial charge in [-0.1, -0.05) is 0 Å². The van der Waals surface area contributed by atoms with Crippen LogP contribution in [0.1, 0.15) is 13.8 Å². The molecule has 34 heavy (non-hydrogen) atoms. The molecular weight excluding hydrogens is 452 g/mol. The van der Waals surface area contributed by atoms with Crippen molar-refractivity contribution in [2.24, 2.45) is 38.4 Å². The number of fused-ring (bicyclic) bond motifs is 1. The van der Waals surface area contributed by atoms with Crippen molar-refractivity contribution in [2.75, 3.05) is 6.61 Å². The lowest BCUT2D eigenvalue weighted by Crippen LogP contribution is -2.38. The van der Waals surface area contributed by atoms with Crippen molar-refractivity contribution in [3.8, 4) is 5.88 Å². The summed E-state index contributed by atoms with van der Waals surface area (Å²) in [6, 6.07) is 0. The number of hydrogen-bond acceptors (Lipinski definition) is 10. The Bertz CT molecular complexity index is 1520. The number of aliphatic hydroxyl groups excluding tert-OH is 1. The summed E-state index contributed by atoms with van der Waals surface area (Å²) in [5.41, 5.74) is -3.55. The highest BCUT2D eigenvalue weighted by molar-refractivity contribution is 5.73. The third-order valence-corrected chi connectivity index (χ3v) is 5.19. The van der Waals surface area contributed by atoms with Crippen LogP contribution in [0.2, 0.25) is 0 Å². The highest BCUT2D eigenvalue weighted by Crippen LogP contribution is 2.24. The van der Waals surface area contributed by atoms with Gasteiger partial charge in [-0.2, -0.15) is 4.98 Å². The van der Waals surface area contributed by atoms with Gasteiger partial charge in [-0.05, 0) is 13.8 Å². The Labute approximate surface area is 191 Å². The topological polar surface area (TPSA) is 180 Å². The van der Waals surface area contributed by atoms with Crippen LogP contribution in [0, 0.1) is 0 Å². The highest BCUT2D eigenvalue weighted by Gasteiger charge is 2.22. The number of imidazole rings is 1. The first-order chi connectivity index (χ1) is 15.9. The van der Waals surface area contributed by atoms with E-state index in [0.717, 1.165) is 18.3 Å². The number of hydrogen-bond donors (Lipinski definition) is 2. The monoisotopic (exact) mass is 478 g/mol. The molecule has 0 bridgehead atoms. The second-order valence-electron chi connectivity index (χ2n) is 8.01. The summed E-state index contributed by atoms with van der Waals surface area (Å²) in [7, 11) is 5.17. The largest absolute Gasteiger partial charge is 0.493 e. The summed E-state index contributed by atoms with van der Waals surface area (Å²) < 4.78 is 10.2. The van der Waals surface area contributed by atoms with Gasteiger partial charge in [0.2, 0.25) is 11.6 Å². The van der Waals surface area contributed by atoms with Gasteiger partial charge in [-0.25, -0.2) is 9.59 Å². The second-order valence-corrected chi connectivity index (χ2v) is 8.01. The molecule has 0 amide bonds. The van der Waals surface area contributed by atoms with Crippen LogP contribution in [0.25, 0.3) is 11.2 Å². The standard InChI is InChI=1S/C19H26N8O7/c1-9(2)34-8-10(28)7-27-12-13(23(3)18(32)26(6)16(12)31)20-17(27)22-21-11-14(29)24(4)19(33)25(5)15(11)30/h9-10,28-29H,7-8H2,1-6H3/t10-/m0/s1. The Kier molecular flexibility index (Phi) is 6.70. The molecule has 0 aliphatic carbocycles. The number of aryl methyl sites for hydroxylation is 1. The maximum absolute atomic E-state index is 12.9. The van der Waals surface area contributed by atoms with Crippen LogP contribution < -0.4 is 22.5 Å². The first kappa shape index (κ1) is 24.8. The quantitative estimate of drug-likeness (QED) is 0.395. The Morgan fingerprint density at radius 2 is 1.50 bits per heavy atom. The SMILES string of the molecule is CC(C)OC[C@@H](O)Cn1c(N=Nc2c(O)n(C)c(=O)n(C)c2=O)nc2c1c(=O)n(C)c(=O)n2C. The molecule has 2 N–H and O–H groups in total. The van der Waals surface area contributed by atoms with E-state index in [1.54, 1.807) is 13.8 Å². The van der Waals surface area contributed by atoms with Crippen molar-refractivity contribution in [2.45, 2.75) is 32.6 Å². The minimum Gasteiger partial charge on any atom is -0.493 e. The summed E-state index contributed by atoms with van der Waals surface area (Å²) >= 11 is 0. The van der Waals surface area contributed by atoms with Gasteiger partial charge in [-0.3, -0.25) is 32.4 Å². The third-order valence-electron chi connectivity index (χ3n) is 5.19. The predicted octanol–water partition coefficient (Wildman–Crippen LogP) is -1.26. The molecule has 0 aliphatic heterocycles. The molecule has 0 aromatic carbocycles. The molecule has 3 aromatic heterocycles. The van der Waals surface area contributed by atoms with E-state index in [1.165, 1.54) is 32.8 Å². The maximum Gasteiger partial charge on any atom is 0.333 e. The Morgan fingerprint density at radius 1 is 0.912 bits per heavy atom. The third kappa shape index (κ3) is 4.22. The molecule has 0 saturated carbocycles. The van der Waals surface area contributed by atoms with Crippen LogP contribution in [-0.2, 0) is 39.5 Å². The van der Waals surface area contributed by atoms with Crippen molar-refractivity contribution < 1.29 is 14.9 Å². The molecule has 0 fully saturated rings. The molecule has 3 aromatic rings. The molecule has 0 unspecified atom stereocenters. The van der Waals surface area contributed by atoms with Crippen molar-refractivity contribution in [1.82, 2.24) is 27.8 Å². The second kappa shape index (κ2) is 9.18. The lowest BCUT2D eigenvalue weighted by molar-refractivity contribution is -0.000147. The summed E-state index contributed by atoms with van der Waals surface area (Å²) in [4.78, 5) is 53.8. The predicted molar refractivity (Wildman–Crippen MR) is 120 cm³/mol. The fourth-order valence-electron chi connectivity index (χ4n) is 3.25. The molecule has 15 heteroatoms. The molecule has 0 spiro atoms. The van der Waals surface area contributed by atoms with E-state index in [4.69, 9.17) is 4.74 Å². The Morgan fingerprint density at radius 3 is 2.12 bits per heavy atom. The maximum atomic E-state index is 12.9.